The van der Waals surface area contributed by atoms with E-state index in [1.165, 1.54) is 11.4 Å². The van der Waals surface area contributed by atoms with Gasteiger partial charge < -0.3 is 4.90 Å². The molecule has 0 unspecified atom stereocenters. The molecule has 0 aromatic heterocycles. The molecule has 1 amide bonds. The van der Waals surface area contributed by atoms with Crippen LogP contribution in [0.1, 0.15) is 32.6 Å². The zero-order chi connectivity index (χ0) is 22.8. The van der Waals surface area contributed by atoms with Crippen molar-refractivity contribution in [3.05, 3.63) is 94.5 Å². The van der Waals surface area contributed by atoms with Crippen LogP contribution in [-0.2, 0) is 16.6 Å². The summed E-state index contributed by atoms with van der Waals surface area (Å²) in [6.07, 6.45) is 0. The summed E-state index contributed by atoms with van der Waals surface area (Å²) in [4.78, 5) is 14.8. The van der Waals surface area contributed by atoms with Gasteiger partial charge in [0.2, 0.25) is 0 Å². The van der Waals surface area contributed by atoms with Crippen molar-refractivity contribution in [1.82, 2.24) is 4.90 Å². The maximum absolute atomic E-state index is 13.0. The highest BCUT2D eigenvalue weighted by molar-refractivity contribution is 7.92. The molecule has 0 heterocycles. The van der Waals surface area contributed by atoms with E-state index in [0.717, 1.165) is 16.7 Å². The van der Waals surface area contributed by atoms with Gasteiger partial charge in [-0.3, -0.25) is 9.10 Å². The molecule has 0 radical (unpaired) electrons. The number of nitrogens with zero attached hydrogens (tertiary/aromatic N) is 2. The van der Waals surface area contributed by atoms with Gasteiger partial charge in [-0.25, -0.2) is 8.42 Å². The number of hydrogen-bond donors (Lipinski definition) is 0. The first kappa shape index (κ1) is 22.6. The Hall–Kier alpha value is -3.12. The average molecular weight is 437 g/mol. The maximum atomic E-state index is 13.0. The second-order valence-corrected chi connectivity index (χ2v) is 9.91. The smallest absolute Gasteiger partial charge is 0.264 e. The van der Waals surface area contributed by atoms with Crippen LogP contribution < -0.4 is 4.31 Å². The molecule has 0 aliphatic carbocycles. The highest BCUT2D eigenvalue weighted by atomic mass is 32.2. The lowest BCUT2D eigenvalue weighted by atomic mass is 10.1. The quantitative estimate of drug-likeness (QED) is 0.562. The normalized spacial score (nSPS) is 11.3. The van der Waals surface area contributed by atoms with Gasteiger partial charge in [-0.1, -0.05) is 47.5 Å². The van der Waals surface area contributed by atoms with Crippen LogP contribution in [0, 0.1) is 20.8 Å². The van der Waals surface area contributed by atoms with E-state index < -0.39 is 10.0 Å². The number of aryl methyl sites for hydroxylation is 3. The molecule has 0 atom stereocenters. The van der Waals surface area contributed by atoms with Gasteiger partial charge in [0.25, 0.3) is 15.9 Å². The lowest BCUT2D eigenvalue weighted by Gasteiger charge is -2.23. The zero-order valence-electron chi connectivity index (χ0n) is 18.6. The Morgan fingerprint density at radius 2 is 1.52 bits per heavy atom. The monoisotopic (exact) mass is 436 g/mol. The molecule has 0 N–H and O–H groups in total. The molecule has 0 saturated heterocycles. The number of amides is 1. The van der Waals surface area contributed by atoms with Crippen molar-refractivity contribution in [3.63, 3.8) is 0 Å². The number of benzene rings is 3. The predicted molar refractivity (Wildman–Crippen MR) is 125 cm³/mol. The third-order valence-electron chi connectivity index (χ3n) is 5.31. The van der Waals surface area contributed by atoms with Gasteiger partial charge in [0.1, 0.15) is 0 Å². The van der Waals surface area contributed by atoms with Gasteiger partial charge in [0, 0.05) is 26.2 Å². The number of carbonyl (C=O) groups excluding carboxylic acids is 1. The van der Waals surface area contributed by atoms with Crippen molar-refractivity contribution in [2.75, 3.05) is 18.4 Å². The van der Waals surface area contributed by atoms with E-state index in [0.29, 0.717) is 23.4 Å². The topological polar surface area (TPSA) is 57.7 Å². The highest BCUT2D eigenvalue weighted by Crippen LogP contribution is 2.27. The van der Waals surface area contributed by atoms with Gasteiger partial charge in [-0.15, -0.1) is 0 Å². The molecule has 0 fully saturated rings. The van der Waals surface area contributed by atoms with Gasteiger partial charge in [-0.05, 0) is 62.2 Å². The minimum atomic E-state index is -3.69. The van der Waals surface area contributed by atoms with Crippen molar-refractivity contribution in [1.29, 1.82) is 0 Å². The third kappa shape index (κ3) is 4.97. The van der Waals surface area contributed by atoms with Crippen LogP contribution in [0.15, 0.2) is 71.6 Å². The van der Waals surface area contributed by atoms with Crippen LogP contribution in [0.5, 0.6) is 0 Å². The first-order valence-corrected chi connectivity index (χ1v) is 11.5. The van der Waals surface area contributed by atoms with Crippen molar-refractivity contribution in [2.45, 2.75) is 32.2 Å². The SMILES string of the molecule is Cc1ccc(S(=O)(=O)N(C)c2ccc(C(=O)N(C)Cc3cccc(C)c3)cc2C)cc1. The summed E-state index contributed by atoms with van der Waals surface area (Å²) in [5.41, 5.74) is 4.99. The standard InChI is InChI=1S/C25H28N2O3S/c1-18-9-12-23(13-10-18)31(29,30)27(5)24-14-11-22(16-20(24)3)25(28)26(4)17-21-8-6-7-19(2)15-21/h6-16H,17H2,1-5H3. The highest BCUT2D eigenvalue weighted by Gasteiger charge is 2.23. The molecular formula is C25H28N2O3S. The summed E-state index contributed by atoms with van der Waals surface area (Å²) in [5, 5.41) is 0. The molecule has 31 heavy (non-hydrogen) atoms. The molecule has 3 aromatic carbocycles. The summed E-state index contributed by atoms with van der Waals surface area (Å²) in [6.45, 7) is 6.25. The largest absolute Gasteiger partial charge is 0.337 e. The molecule has 6 heteroatoms. The summed E-state index contributed by atoms with van der Waals surface area (Å²) < 4.78 is 27.3. The van der Waals surface area contributed by atoms with Crippen molar-refractivity contribution in [3.8, 4) is 0 Å². The van der Waals surface area contributed by atoms with E-state index >= 15 is 0 Å². The molecule has 3 rings (SSSR count). The minimum Gasteiger partial charge on any atom is -0.337 e. The fourth-order valence-corrected chi connectivity index (χ4v) is 4.78. The molecule has 0 aliphatic heterocycles. The Morgan fingerprint density at radius 1 is 0.839 bits per heavy atom. The zero-order valence-corrected chi connectivity index (χ0v) is 19.4. The Labute approximate surface area is 185 Å². The molecule has 0 spiro atoms. The number of rotatable bonds is 6. The first-order valence-electron chi connectivity index (χ1n) is 10.1. The van der Waals surface area contributed by atoms with Crippen LogP contribution in [0.3, 0.4) is 0 Å². The first-order chi connectivity index (χ1) is 14.6. The van der Waals surface area contributed by atoms with Gasteiger partial charge in [-0.2, -0.15) is 0 Å². The fourth-order valence-electron chi connectivity index (χ4n) is 3.52. The Bertz CT molecular complexity index is 1200. The van der Waals surface area contributed by atoms with Crippen LogP contribution in [-0.4, -0.2) is 33.3 Å². The molecule has 0 saturated carbocycles. The number of carbonyl (C=O) groups is 1. The van der Waals surface area contributed by atoms with Gasteiger partial charge in [0.05, 0.1) is 10.6 Å². The van der Waals surface area contributed by atoms with Gasteiger partial charge in [0.15, 0.2) is 0 Å². The van der Waals surface area contributed by atoms with E-state index in [1.54, 1.807) is 54.4 Å². The second-order valence-electron chi connectivity index (χ2n) is 7.94. The molecule has 0 bridgehead atoms. The molecule has 5 nitrogen and oxygen atoms in total. The Kier molecular flexibility index (Phi) is 6.51. The summed E-state index contributed by atoms with van der Waals surface area (Å²) in [5.74, 6) is -0.111. The van der Waals surface area contributed by atoms with E-state index in [4.69, 9.17) is 0 Å². The van der Waals surface area contributed by atoms with Crippen LogP contribution in [0.4, 0.5) is 5.69 Å². The number of hydrogen-bond acceptors (Lipinski definition) is 3. The van der Waals surface area contributed by atoms with E-state index in [9.17, 15) is 13.2 Å². The lowest BCUT2D eigenvalue weighted by Crippen LogP contribution is -2.28. The third-order valence-corrected chi connectivity index (χ3v) is 7.10. The fraction of sp³-hybridized carbons (Fsp3) is 0.240. The minimum absolute atomic E-state index is 0.111. The van der Waals surface area contributed by atoms with Crippen molar-refractivity contribution in [2.24, 2.45) is 0 Å². The predicted octanol–water partition coefficient (Wildman–Crippen LogP) is 4.71. The molecule has 162 valence electrons. The van der Waals surface area contributed by atoms with E-state index in [1.807, 2.05) is 39.0 Å². The Balaban J connectivity index is 1.81. The van der Waals surface area contributed by atoms with Crippen LogP contribution >= 0.6 is 0 Å². The van der Waals surface area contributed by atoms with E-state index in [2.05, 4.69) is 6.07 Å². The number of sulfonamides is 1. The average Bonchev–Trinajstić information content (AvgIpc) is 2.73. The van der Waals surface area contributed by atoms with Crippen molar-refractivity contribution >= 4 is 21.6 Å². The summed E-state index contributed by atoms with van der Waals surface area (Å²) in [7, 11) is -0.391. The van der Waals surface area contributed by atoms with Crippen molar-refractivity contribution < 1.29 is 13.2 Å². The maximum Gasteiger partial charge on any atom is 0.264 e. The van der Waals surface area contributed by atoms with Gasteiger partial charge >= 0.3 is 0 Å². The lowest BCUT2D eigenvalue weighted by molar-refractivity contribution is 0.0785. The Morgan fingerprint density at radius 3 is 2.13 bits per heavy atom. The van der Waals surface area contributed by atoms with E-state index in [-0.39, 0.29) is 10.8 Å². The van der Waals surface area contributed by atoms with Crippen LogP contribution in [0.25, 0.3) is 0 Å². The molecule has 3 aromatic rings. The summed E-state index contributed by atoms with van der Waals surface area (Å²) >= 11 is 0. The number of anilines is 1. The second kappa shape index (κ2) is 8.94. The summed E-state index contributed by atoms with van der Waals surface area (Å²) in [6, 6.07) is 19.9. The molecular weight excluding hydrogens is 408 g/mol. The molecule has 0 aliphatic rings. The van der Waals surface area contributed by atoms with Crippen LogP contribution in [0.2, 0.25) is 0 Å².